The van der Waals surface area contributed by atoms with Crippen LogP contribution in [0.25, 0.3) is 0 Å². The number of benzene rings is 1. The summed E-state index contributed by atoms with van der Waals surface area (Å²) in [4.78, 5) is 3.68. The first kappa shape index (κ1) is 9.52. The Morgan fingerprint density at radius 1 is 1.54 bits per heavy atom. The highest BCUT2D eigenvalue weighted by molar-refractivity contribution is 5.50. The zero-order valence-electron chi connectivity index (χ0n) is 7.88. The smallest absolute Gasteiger partial charge is 0.122 e. The van der Waals surface area contributed by atoms with Crippen LogP contribution in [0.5, 0.6) is 0 Å². The van der Waals surface area contributed by atoms with Crippen molar-refractivity contribution in [2.45, 2.75) is 13.3 Å². The molecule has 1 N–H and O–H groups in total. The number of hydrogen-bond acceptors (Lipinski definition) is 2. The number of aryl methyl sites for hydroxylation is 1. The van der Waals surface area contributed by atoms with Crippen molar-refractivity contribution < 1.29 is 0 Å². The molecule has 0 unspecified atom stereocenters. The summed E-state index contributed by atoms with van der Waals surface area (Å²) in [6.45, 7) is 9.20. The van der Waals surface area contributed by atoms with Crippen molar-refractivity contribution >= 4 is 12.4 Å². The van der Waals surface area contributed by atoms with Crippen molar-refractivity contribution in [3.63, 3.8) is 0 Å². The van der Waals surface area contributed by atoms with Crippen LogP contribution >= 0.6 is 0 Å². The number of nitrogens with zero attached hydrogens (tertiary/aromatic N) is 1. The van der Waals surface area contributed by atoms with Crippen molar-refractivity contribution in [1.82, 2.24) is 0 Å². The molecule has 1 aromatic carbocycles. The third kappa shape index (κ3) is 2.75. The van der Waals surface area contributed by atoms with Crippen LogP contribution in [0.1, 0.15) is 12.5 Å². The Labute approximate surface area is 79.0 Å². The standard InChI is InChI=1S/C11H14N2/c1-4-10-6-5-7-11(8-10)13-9(2)12-3/h5-8,13H,2-4H2,1H3. The topological polar surface area (TPSA) is 24.4 Å². The molecule has 0 aliphatic heterocycles. The minimum atomic E-state index is 0.577. The van der Waals surface area contributed by atoms with E-state index in [1.165, 1.54) is 5.56 Å². The van der Waals surface area contributed by atoms with Gasteiger partial charge in [-0.2, -0.15) is 0 Å². The van der Waals surface area contributed by atoms with E-state index in [4.69, 9.17) is 0 Å². The zero-order valence-corrected chi connectivity index (χ0v) is 7.88. The van der Waals surface area contributed by atoms with E-state index in [0.29, 0.717) is 5.82 Å². The molecule has 0 fully saturated rings. The van der Waals surface area contributed by atoms with Gasteiger partial charge in [-0.15, -0.1) is 0 Å². The first-order chi connectivity index (χ1) is 6.26. The van der Waals surface area contributed by atoms with E-state index in [0.717, 1.165) is 12.1 Å². The maximum Gasteiger partial charge on any atom is 0.122 e. The zero-order chi connectivity index (χ0) is 9.68. The third-order valence-corrected chi connectivity index (χ3v) is 1.81. The second kappa shape index (κ2) is 4.45. The van der Waals surface area contributed by atoms with E-state index < -0.39 is 0 Å². The lowest BCUT2D eigenvalue weighted by molar-refractivity contribution is 1.14. The van der Waals surface area contributed by atoms with Gasteiger partial charge in [0.2, 0.25) is 0 Å². The third-order valence-electron chi connectivity index (χ3n) is 1.81. The molecular formula is C11H14N2. The molecule has 0 bridgehead atoms. The molecule has 2 heteroatoms. The molecule has 0 amide bonds. The second-order valence-electron chi connectivity index (χ2n) is 2.78. The predicted octanol–water partition coefficient (Wildman–Crippen LogP) is 2.83. The highest BCUT2D eigenvalue weighted by atomic mass is 15.0. The second-order valence-corrected chi connectivity index (χ2v) is 2.78. The molecule has 0 aliphatic rings. The Morgan fingerprint density at radius 3 is 2.92 bits per heavy atom. The van der Waals surface area contributed by atoms with Gasteiger partial charge in [0.05, 0.1) is 0 Å². The summed E-state index contributed by atoms with van der Waals surface area (Å²) in [7, 11) is 0. The van der Waals surface area contributed by atoms with Crippen LogP contribution in [0.2, 0.25) is 0 Å². The van der Waals surface area contributed by atoms with Crippen LogP contribution in [0, 0.1) is 0 Å². The van der Waals surface area contributed by atoms with Crippen molar-refractivity contribution in [3.8, 4) is 0 Å². The van der Waals surface area contributed by atoms with Crippen LogP contribution < -0.4 is 5.32 Å². The summed E-state index contributed by atoms with van der Waals surface area (Å²) in [5.74, 6) is 0.577. The van der Waals surface area contributed by atoms with E-state index in [1.54, 1.807) is 0 Å². The molecule has 0 saturated heterocycles. The average Bonchev–Trinajstić information content (AvgIpc) is 2.18. The van der Waals surface area contributed by atoms with E-state index in [2.05, 4.69) is 42.7 Å². The van der Waals surface area contributed by atoms with Gasteiger partial charge in [-0.05, 0) is 30.8 Å². The SMILES string of the molecule is C=NC(=C)Nc1cccc(CC)c1. The molecular weight excluding hydrogens is 160 g/mol. The summed E-state index contributed by atoms with van der Waals surface area (Å²) < 4.78 is 0. The summed E-state index contributed by atoms with van der Waals surface area (Å²) in [5.41, 5.74) is 2.30. The number of nitrogens with one attached hydrogen (secondary N) is 1. The summed E-state index contributed by atoms with van der Waals surface area (Å²) in [6.07, 6.45) is 1.03. The van der Waals surface area contributed by atoms with Crippen LogP contribution in [0.3, 0.4) is 0 Å². The molecule has 0 spiro atoms. The Balaban J connectivity index is 2.77. The lowest BCUT2D eigenvalue weighted by atomic mass is 10.1. The van der Waals surface area contributed by atoms with Gasteiger partial charge in [-0.25, -0.2) is 4.99 Å². The van der Waals surface area contributed by atoms with Gasteiger partial charge in [0, 0.05) is 5.69 Å². The van der Waals surface area contributed by atoms with Gasteiger partial charge in [-0.1, -0.05) is 25.6 Å². The maximum atomic E-state index is 3.68. The highest BCUT2D eigenvalue weighted by Crippen LogP contribution is 2.12. The molecule has 68 valence electrons. The normalized spacial score (nSPS) is 9.31. The van der Waals surface area contributed by atoms with Crippen molar-refractivity contribution in [3.05, 3.63) is 42.2 Å². The Morgan fingerprint density at radius 2 is 2.31 bits per heavy atom. The van der Waals surface area contributed by atoms with Gasteiger partial charge < -0.3 is 5.32 Å². The van der Waals surface area contributed by atoms with Crippen molar-refractivity contribution in [2.24, 2.45) is 4.99 Å². The fourth-order valence-electron chi connectivity index (χ4n) is 1.08. The quantitative estimate of drug-likeness (QED) is 0.697. The maximum absolute atomic E-state index is 3.68. The van der Waals surface area contributed by atoms with Crippen LogP contribution in [-0.4, -0.2) is 6.72 Å². The van der Waals surface area contributed by atoms with Crippen molar-refractivity contribution in [1.29, 1.82) is 0 Å². The molecule has 0 atom stereocenters. The molecule has 1 rings (SSSR count). The predicted molar refractivity (Wildman–Crippen MR) is 58.1 cm³/mol. The minimum absolute atomic E-state index is 0.577. The Kier molecular flexibility index (Phi) is 3.26. The molecule has 0 saturated carbocycles. The van der Waals surface area contributed by atoms with E-state index in [1.807, 2.05) is 12.1 Å². The van der Waals surface area contributed by atoms with Gasteiger partial charge in [0.1, 0.15) is 5.82 Å². The van der Waals surface area contributed by atoms with Gasteiger partial charge in [0.15, 0.2) is 0 Å². The van der Waals surface area contributed by atoms with E-state index in [9.17, 15) is 0 Å². The fourth-order valence-corrected chi connectivity index (χ4v) is 1.08. The molecule has 13 heavy (non-hydrogen) atoms. The summed E-state index contributed by atoms with van der Waals surface area (Å²) in [6, 6.07) is 8.17. The molecule has 0 aliphatic carbocycles. The van der Waals surface area contributed by atoms with Gasteiger partial charge >= 0.3 is 0 Å². The first-order valence-corrected chi connectivity index (χ1v) is 4.28. The monoisotopic (exact) mass is 174 g/mol. The summed E-state index contributed by atoms with van der Waals surface area (Å²) in [5, 5.41) is 3.04. The van der Waals surface area contributed by atoms with Crippen LogP contribution in [0.4, 0.5) is 5.69 Å². The fraction of sp³-hybridized carbons (Fsp3) is 0.182. The number of hydrogen-bond donors (Lipinski definition) is 1. The number of anilines is 1. The van der Waals surface area contributed by atoms with Crippen LogP contribution in [0.15, 0.2) is 41.7 Å². The Hall–Kier alpha value is -1.57. The molecule has 1 aromatic rings. The average molecular weight is 174 g/mol. The molecule has 0 aromatic heterocycles. The first-order valence-electron chi connectivity index (χ1n) is 4.28. The highest BCUT2D eigenvalue weighted by Gasteiger charge is 1.93. The van der Waals surface area contributed by atoms with E-state index in [-0.39, 0.29) is 0 Å². The van der Waals surface area contributed by atoms with Crippen LogP contribution in [-0.2, 0) is 6.42 Å². The lowest BCUT2D eigenvalue weighted by Crippen LogP contribution is -1.95. The molecule has 0 radical (unpaired) electrons. The lowest BCUT2D eigenvalue weighted by Gasteiger charge is -2.05. The van der Waals surface area contributed by atoms with E-state index >= 15 is 0 Å². The number of aliphatic imine (C=N–C) groups is 1. The van der Waals surface area contributed by atoms with Gasteiger partial charge in [-0.3, -0.25) is 0 Å². The summed E-state index contributed by atoms with van der Waals surface area (Å²) >= 11 is 0. The minimum Gasteiger partial charge on any atom is -0.341 e. The largest absolute Gasteiger partial charge is 0.341 e. The van der Waals surface area contributed by atoms with Crippen molar-refractivity contribution in [2.75, 3.05) is 5.32 Å². The molecule has 2 nitrogen and oxygen atoms in total. The van der Waals surface area contributed by atoms with Gasteiger partial charge in [0.25, 0.3) is 0 Å². The Bertz CT molecular complexity index is 316. The molecule has 0 heterocycles. The number of rotatable bonds is 4.